The van der Waals surface area contributed by atoms with Gasteiger partial charge in [-0.15, -0.1) is 0 Å². The zero-order valence-electron chi connectivity index (χ0n) is 14.6. The van der Waals surface area contributed by atoms with Gasteiger partial charge in [0, 0.05) is 18.0 Å². The standard InChI is InChI=1S/C20H22N4O2/c25-19-12-11-16(13-5-6-13)23-24(19)15-9-7-14(8-10-15)21-20-22-17-3-1-2-4-18(17)26-20/h1-4,11-15H,5-10H2,(H,21,22). The SMILES string of the molecule is O=c1ccc(C2CC2)nn1C1CCC(Nc2nc3ccccc3o2)CC1. The molecule has 0 amide bonds. The smallest absolute Gasteiger partial charge is 0.295 e. The van der Waals surface area contributed by atoms with E-state index in [1.54, 1.807) is 10.7 Å². The monoisotopic (exact) mass is 350 g/mol. The number of nitrogens with zero attached hydrogens (tertiary/aromatic N) is 3. The van der Waals surface area contributed by atoms with E-state index >= 15 is 0 Å². The summed E-state index contributed by atoms with van der Waals surface area (Å²) in [6.07, 6.45) is 6.24. The highest BCUT2D eigenvalue weighted by Crippen LogP contribution is 2.39. The fraction of sp³-hybridized carbons (Fsp3) is 0.450. The largest absolute Gasteiger partial charge is 0.424 e. The Hall–Kier alpha value is -2.63. The number of benzene rings is 1. The van der Waals surface area contributed by atoms with Gasteiger partial charge in [-0.05, 0) is 56.7 Å². The summed E-state index contributed by atoms with van der Waals surface area (Å²) in [6, 6.07) is 12.5. The van der Waals surface area contributed by atoms with E-state index < -0.39 is 0 Å². The maximum Gasteiger partial charge on any atom is 0.295 e. The van der Waals surface area contributed by atoms with Crippen molar-refractivity contribution in [2.45, 2.75) is 56.5 Å². The average Bonchev–Trinajstić information content (AvgIpc) is 3.43. The number of anilines is 1. The van der Waals surface area contributed by atoms with Gasteiger partial charge in [-0.2, -0.15) is 10.1 Å². The summed E-state index contributed by atoms with van der Waals surface area (Å²) < 4.78 is 7.49. The van der Waals surface area contributed by atoms with Crippen LogP contribution in [0.15, 0.2) is 45.6 Å². The molecule has 2 heterocycles. The Morgan fingerprint density at radius 3 is 2.58 bits per heavy atom. The van der Waals surface area contributed by atoms with Crippen molar-refractivity contribution in [2.75, 3.05) is 5.32 Å². The number of fused-ring (bicyclic) bond motifs is 1. The molecule has 0 atom stereocenters. The van der Waals surface area contributed by atoms with Crippen LogP contribution in [-0.4, -0.2) is 20.8 Å². The van der Waals surface area contributed by atoms with E-state index in [9.17, 15) is 4.79 Å². The van der Waals surface area contributed by atoms with Crippen molar-refractivity contribution in [3.05, 3.63) is 52.4 Å². The summed E-state index contributed by atoms with van der Waals surface area (Å²) >= 11 is 0. The van der Waals surface area contributed by atoms with E-state index in [2.05, 4.69) is 15.4 Å². The van der Waals surface area contributed by atoms with Gasteiger partial charge in [-0.1, -0.05) is 12.1 Å². The van der Waals surface area contributed by atoms with Crippen LogP contribution in [0.25, 0.3) is 11.1 Å². The highest BCUT2D eigenvalue weighted by Gasteiger charge is 2.28. The van der Waals surface area contributed by atoms with E-state index in [-0.39, 0.29) is 11.6 Å². The summed E-state index contributed by atoms with van der Waals surface area (Å²) in [7, 11) is 0. The van der Waals surface area contributed by atoms with Gasteiger partial charge in [0.15, 0.2) is 5.58 Å². The van der Waals surface area contributed by atoms with Crippen molar-refractivity contribution in [1.82, 2.24) is 14.8 Å². The zero-order valence-corrected chi connectivity index (χ0v) is 14.6. The highest BCUT2D eigenvalue weighted by molar-refractivity contribution is 5.74. The van der Waals surface area contributed by atoms with Crippen LogP contribution in [0.3, 0.4) is 0 Å². The lowest BCUT2D eigenvalue weighted by Crippen LogP contribution is -2.33. The maximum atomic E-state index is 12.2. The first-order chi connectivity index (χ1) is 12.8. The molecule has 26 heavy (non-hydrogen) atoms. The van der Waals surface area contributed by atoms with Gasteiger partial charge in [0.2, 0.25) is 0 Å². The number of para-hydroxylation sites is 2. The van der Waals surface area contributed by atoms with E-state index in [4.69, 9.17) is 4.42 Å². The number of rotatable bonds is 4. The van der Waals surface area contributed by atoms with Gasteiger partial charge in [-0.3, -0.25) is 4.79 Å². The van der Waals surface area contributed by atoms with Crippen molar-refractivity contribution in [3.8, 4) is 0 Å². The van der Waals surface area contributed by atoms with Gasteiger partial charge in [0.05, 0.1) is 11.7 Å². The Kier molecular flexibility index (Phi) is 3.76. The topological polar surface area (TPSA) is 73.0 Å². The molecule has 0 unspecified atom stereocenters. The van der Waals surface area contributed by atoms with Crippen molar-refractivity contribution in [3.63, 3.8) is 0 Å². The van der Waals surface area contributed by atoms with Crippen LogP contribution >= 0.6 is 0 Å². The molecule has 1 N–H and O–H groups in total. The van der Waals surface area contributed by atoms with Gasteiger partial charge < -0.3 is 9.73 Å². The summed E-state index contributed by atoms with van der Waals surface area (Å²) in [5.74, 6) is 0.569. The molecular formula is C20H22N4O2. The minimum Gasteiger partial charge on any atom is -0.424 e. The van der Waals surface area contributed by atoms with Gasteiger partial charge in [0.25, 0.3) is 11.6 Å². The minimum absolute atomic E-state index is 0.0183. The van der Waals surface area contributed by atoms with Crippen molar-refractivity contribution in [2.24, 2.45) is 0 Å². The third kappa shape index (κ3) is 3.00. The molecule has 2 aromatic heterocycles. The molecule has 6 nitrogen and oxygen atoms in total. The molecular weight excluding hydrogens is 328 g/mol. The van der Waals surface area contributed by atoms with Gasteiger partial charge in [0.1, 0.15) is 5.52 Å². The lowest BCUT2D eigenvalue weighted by atomic mass is 9.91. The maximum absolute atomic E-state index is 12.2. The Bertz CT molecular complexity index is 948. The van der Waals surface area contributed by atoms with Crippen molar-refractivity contribution >= 4 is 17.1 Å². The third-order valence-electron chi connectivity index (χ3n) is 5.51. The Labute approximate surface area is 151 Å². The molecule has 5 rings (SSSR count). The van der Waals surface area contributed by atoms with Crippen LogP contribution in [0.2, 0.25) is 0 Å². The summed E-state index contributed by atoms with van der Waals surface area (Å²) in [4.78, 5) is 16.7. The molecule has 3 aromatic rings. The van der Waals surface area contributed by atoms with Crippen molar-refractivity contribution in [1.29, 1.82) is 0 Å². The summed E-state index contributed by atoms with van der Waals surface area (Å²) in [5.41, 5.74) is 2.77. The van der Waals surface area contributed by atoms with E-state index in [0.29, 0.717) is 18.0 Å². The lowest BCUT2D eigenvalue weighted by molar-refractivity contribution is 0.299. The summed E-state index contributed by atoms with van der Waals surface area (Å²) in [6.45, 7) is 0. The average molecular weight is 350 g/mol. The molecule has 2 saturated carbocycles. The van der Waals surface area contributed by atoms with Gasteiger partial charge in [-0.25, -0.2) is 4.68 Å². The zero-order chi connectivity index (χ0) is 17.5. The quantitative estimate of drug-likeness (QED) is 0.773. The molecule has 2 aliphatic carbocycles. The summed E-state index contributed by atoms with van der Waals surface area (Å²) in [5, 5.41) is 8.06. The fourth-order valence-electron chi connectivity index (χ4n) is 3.87. The van der Waals surface area contributed by atoms with Crippen LogP contribution in [-0.2, 0) is 0 Å². The number of aromatic nitrogens is 3. The van der Waals surface area contributed by atoms with Gasteiger partial charge >= 0.3 is 0 Å². The van der Waals surface area contributed by atoms with Crippen LogP contribution in [0.5, 0.6) is 0 Å². The molecule has 2 aliphatic rings. The minimum atomic E-state index is 0.0183. The van der Waals surface area contributed by atoms with Crippen molar-refractivity contribution < 1.29 is 4.42 Å². The second-order valence-corrected chi connectivity index (χ2v) is 7.45. The normalized spacial score (nSPS) is 23.2. The number of nitrogens with one attached hydrogen (secondary N) is 1. The molecule has 134 valence electrons. The van der Waals surface area contributed by atoms with Crippen LogP contribution in [0.4, 0.5) is 6.01 Å². The highest BCUT2D eigenvalue weighted by atomic mass is 16.4. The first kappa shape index (κ1) is 15.6. The van der Waals surface area contributed by atoms with E-state index in [1.165, 1.54) is 12.8 Å². The third-order valence-corrected chi connectivity index (χ3v) is 5.51. The first-order valence-corrected chi connectivity index (χ1v) is 9.48. The molecule has 0 aliphatic heterocycles. The molecule has 0 radical (unpaired) electrons. The van der Waals surface area contributed by atoms with E-state index in [0.717, 1.165) is 42.5 Å². The predicted molar refractivity (Wildman–Crippen MR) is 99.4 cm³/mol. The first-order valence-electron chi connectivity index (χ1n) is 9.48. The molecule has 2 fully saturated rings. The molecule has 0 bridgehead atoms. The van der Waals surface area contributed by atoms with E-state index in [1.807, 2.05) is 30.3 Å². The molecule has 0 spiro atoms. The Morgan fingerprint density at radius 1 is 1.00 bits per heavy atom. The lowest BCUT2D eigenvalue weighted by Gasteiger charge is -2.29. The number of hydrogen-bond acceptors (Lipinski definition) is 5. The second-order valence-electron chi connectivity index (χ2n) is 7.45. The molecule has 6 heteroatoms. The second kappa shape index (κ2) is 6.27. The predicted octanol–water partition coefficient (Wildman–Crippen LogP) is 3.86. The fourth-order valence-corrected chi connectivity index (χ4v) is 3.87. The number of hydrogen-bond donors (Lipinski definition) is 1. The number of oxazole rings is 1. The Morgan fingerprint density at radius 2 is 1.81 bits per heavy atom. The van der Waals surface area contributed by atoms with Crippen LogP contribution in [0.1, 0.15) is 56.2 Å². The van der Waals surface area contributed by atoms with Crippen LogP contribution < -0.4 is 10.9 Å². The van der Waals surface area contributed by atoms with Crippen LogP contribution in [0, 0.1) is 0 Å². The molecule has 0 saturated heterocycles. The molecule has 1 aromatic carbocycles. The Balaban J connectivity index is 1.26.